The summed E-state index contributed by atoms with van der Waals surface area (Å²) in [6.07, 6.45) is 0.975. The van der Waals surface area contributed by atoms with Crippen LogP contribution in [0.3, 0.4) is 0 Å². The summed E-state index contributed by atoms with van der Waals surface area (Å²) in [4.78, 5) is 12.0. The van der Waals surface area contributed by atoms with E-state index in [0.717, 1.165) is 23.3 Å². The lowest BCUT2D eigenvalue weighted by molar-refractivity contribution is 1.13. The molecule has 90 valence electrons. The van der Waals surface area contributed by atoms with Crippen molar-refractivity contribution in [1.82, 2.24) is 15.0 Å². The molecule has 0 amide bonds. The molecule has 3 N–H and O–H groups in total. The lowest BCUT2D eigenvalue weighted by atomic mass is 10.1. The predicted molar refractivity (Wildman–Crippen MR) is 73.1 cm³/mol. The molecule has 2 heterocycles. The van der Waals surface area contributed by atoms with E-state index in [9.17, 15) is 0 Å². The molecule has 0 atom stereocenters. The van der Waals surface area contributed by atoms with Crippen molar-refractivity contribution in [2.45, 2.75) is 13.3 Å². The first-order valence-electron chi connectivity index (χ1n) is 5.98. The smallest absolute Gasteiger partial charge is 0.180 e. The number of rotatable bonds is 2. The van der Waals surface area contributed by atoms with Crippen molar-refractivity contribution < 1.29 is 0 Å². The average Bonchev–Trinajstić information content (AvgIpc) is 2.81. The van der Waals surface area contributed by atoms with Crippen molar-refractivity contribution in [3.63, 3.8) is 0 Å². The van der Waals surface area contributed by atoms with Gasteiger partial charge in [-0.05, 0) is 24.1 Å². The van der Waals surface area contributed by atoms with E-state index in [1.807, 2.05) is 18.2 Å². The van der Waals surface area contributed by atoms with E-state index < -0.39 is 0 Å². The van der Waals surface area contributed by atoms with Gasteiger partial charge in [-0.2, -0.15) is 0 Å². The lowest BCUT2D eigenvalue weighted by Crippen LogP contribution is -1.89. The molecule has 0 aliphatic carbocycles. The number of nitrogens with two attached hydrogens (primary N) is 1. The number of benzene rings is 1. The SMILES string of the molecule is CCc1ccccc1-c1nc2nc(N)ccc2[nH]1. The number of nitrogen functional groups attached to an aromatic ring is 1. The number of H-pyrrole nitrogens is 1. The molecule has 4 nitrogen and oxygen atoms in total. The molecule has 0 aliphatic heterocycles. The molecule has 3 rings (SSSR count). The molecular weight excluding hydrogens is 224 g/mol. The van der Waals surface area contributed by atoms with Crippen molar-refractivity contribution in [3.05, 3.63) is 42.0 Å². The Morgan fingerprint density at radius 3 is 2.78 bits per heavy atom. The lowest BCUT2D eigenvalue weighted by Gasteiger charge is -2.03. The molecule has 0 fully saturated rings. The monoisotopic (exact) mass is 238 g/mol. The normalized spacial score (nSPS) is 10.9. The number of hydrogen-bond acceptors (Lipinski definition) is 3. The van der Waals surface area contributed by atoms with Gasteiger partial charge in [-0.3, -0.25) is 0 Å². The first-order chi connectivity index (χ1) is 8.78. The zero-order valence-electron chi connectivity index (χ0n) is 10.1. The van der Waals surface area contributed by atoms with Crippen molar-refractivity contribution in [1.29, 1.82) is 0 Å². The number of nitrogens with zero attached hydrogens (tertiary/aromatic N) is 2. The maximum Gasteiger partial charge on any atom is 0.180 e. The van der Waals surface area contributed by atoms with E-state index in [1.165, 1.54) is 5.56 Å². The van der Waals surface area contributed by atoms with Crippen LogP contribution < -0.4 is 5.73 Å². The Kier molecular flexibility index (Phi) is 2.48. The molecular formula is C14H14N4. The van der Waals surface area contributed by atoms with Gasteiger partial charge < -0.3 is 10.7 Å². The number of nitrogens with one attached hydrogen (secondary N) is 1. The van der Waals surface area contributed by atoms with E-state index in [-0.39, 0.29) is 0 Å². The van der Waals surface area contributed by atoms with Crippen LogP contribution in [0.2, 0.25) is 0 Å². The van der Waals surface area contributed by atoms with Crippen molar-refractivity contribution in [2.24, 2.45) is 0 Å². The molecule has 18 heavy (non-hydrogen) atoms. The fourth-order valence-corrected chi connectivity index (χ4v) is 2.09. The Bertz CT molecular complexity index is 700. The average molecular weight is 238 g/mol. The highest BCUT2D eigenvalue weighted by Crippen LogP contribution is 2.23. The third kappa shape index (κ3) is 1.72. The Balaban J connectivity index is 2.19. The second-order valence-electron chi connectivity index (χ2n) is 4.20. The third-order valence-electron chi connectivity index (χ3n) is 3.02. The zero-order chi connectivity index (χ0) is 12.5. The molecule has 0 spiro atoms. The Labute approximate surface area is 105 Å². The third-order valence-corrected chi connectivity index (χ3v) is 3.02. The predicted octanol–water partition coefficient (Wildman–Crippen LogP) is 2.77. The highest BCUT2D eigenvalue weighted by Gasteiger charge is 2.09. The van der Waals surface area contributed by atoms with E-state index >= 15 is 0 Å². The van der Waals surface area contributed by atoms with Crippen molar-refractivity contribution >= 4 is 17.0 Å². The van der Waals surface area contributed by atoms with Crippen LogP contribution in [0.4, 0.5) is 5.82 Å². The maximum atomic E-state index is 5.66. The number of anilines is 1. The summed E-state index contributed by atoms with van der Waals surface area (Å²) >= 11 is 0. The van der Waals surface area contributed by atoms with Crippen LogP contribution in [0.5, 0.6) is 0 Å². The number of fused-ring (bicyclic) bond motifs is 1. The first kappa shape index (κ1) is 10.8. The summed E-state index contributed by atoms with van der Waals surface area (Å²) in [5, 5.41) is 0. The van der Waals surface area contributed by atoms with E-state index in [0.29, 0.717) is 11.5 Å². The van der Waals surface area contributed by atoms with Gasteiger partial charge in [0.05, 0.1) is 5.52 Å². The summed E-state index contributed by atoms with van der Waals surface area (Å²) < 4.78 is 0. The number of aromatic nitrogens is 3. The molecule has 0 radical (unpaired) electrons. The summed E-state index contributed by atoms with van der Waals surface area (Å²) in [6, 6.07) is 11.9. The van der Waals surface area contributed by atoms with E-state index in [4.69, 9.17) is 5.73 Å². The molecule has 1 aromatic carbocycles. The van der Waals surface area contributed by atoms with Crippen LogP contribution in [0.25, 0.3) is 22.6 Å². The summed E-state index contributed by atoms with van der Waals surface area (Å²) in [5.74, 6) is 1.34. The second kappa shape index (κ2) is 4.14. The van der Waals surface area contributed by atoms with Gasteiger partial charge >= 0.3 is 0 Å². The molecule has 3 aromatic rings. The Hall–Kier alpha value is -2.36. The van der Waals surface area contributed by atoms with Gasteiger partial charge in [-0.1, -0.05) is 31.2 Å². The van der Waals surface area contributed by atoms with Crippen LogP contribution in [0.15, 0.2) is 36.4 Å². The van der Waals surface area contributed by atoms with Crippen LogP contribution >= 0.6 is 0 Å². The minimum atomic E-state index is 0.490. The minimum Gasteiger partial charge on any atom is -0.384 e. The van der Waals surface area contributed by atoms with Gasteiger partial charge in [0, 0.05) is 5.56 Å². The quantitative estimate of drug-likeness (QED) is 0.721. The number of imidazole rings is 1. The largest absolute Gasteiger partial charge is 0.384 e. The van der Waals surface area contributed by atoms with Crippen LogP contribution in [0, 0.1) is 0 Å². The van der Waals surface area contributed by atoms with Crippen molar-refractivity contribution in [3.8, 4) is 11.4 Å². The Morgan fingerprint density at radius 1 is 1.11 bits per heavy atom. The fourth-order valence-electron chi connectivity index (χ4n) is 2.09. The van der Waals surface area contributed by atoms with Gasteiger partial charge in [-0.25, -0.2) is 9.97 Å². The minimum absolute atomic E-state index is 0.490. The van der Waals surface area contributed by atoms with Gasteiger partial charge in [-0.15, -0.1) is 0 Å². The molecule has 0 bridgehead atoms. The van der Waals surface area contributed by atoms with Crippen LogP contribution in [-0.2, 0) is 6.42 Å². The molecule has 0 aliphatic rings. The Morgan fingerprint density at radius 2 is 1.94 bits per heavy atom. The van der Waals surface area contributed by atoms with Gasteiger partial charge in [0.2, 0.25) is 0 Å². The molecule has 4 heteroatoms. The van der Waals surface area contributed by atoms with Crippen LogP contribution in [-0.4, -0.2) is 15.0 Å². The van der Waals surface area contributed by atoms with Gasteiger partial charge in [0.1, 0.15) is 11.6 Å². The highest BCUT2D eigenvalue weighted by atomic mass is 15.0. The van der Waals surface area contributed by atoms with E-state index in [1.54, 1.807) is 6.07 Å². The summed E-state index contributed by atoms with van der Waals surface area (Å²) in [7, 11) is 0. The zero-order valence-corrected chi connectivity index (χ0v) is 10.1. The molecule has 2 aromatic heterocycles. The number of aryl methyl sites for hydroxylation is 1. The maximum absolute atomic E-state index is 5.66. The van der Waals surface area contributed by atoms with Crippen LogP contribution in [0.1, 0.15) is 12.5 Å². The second-order valence-corrected chi connectivity index (χ2v) is 4.20. The molecule has 0 unspecified atom stereocenters. The number of hydrogen-bond donors (Lipinski definition) is 2. The van der Waals surface area contributed by atoms with Crippen molar-refractivity contribution in [2.75, 3.05) is 5.73 Å². The van der Waals surface area contributed by atoms with Gasteiger partial charge in [0.15, 0.2) is 5.65 Å². The summed E-state index contributed by atoms with van der Waals surface area (Å²) in [6.45, 7) is 2.14. The standard InChI is InChI=1S/C14H14N4/c1-2-9-5-3-4-6-10(9)13-16-11-7-8-12(15)17-14(11)18-13/h3-8H,2H2,1H3,(H3,15,16,17,18). The highest BCUT2D eigenvalue weighted by molar-refractivity contribution is 5.78. The number of aromatic amines is 1. The summed E-state index contributed by atoms with van der Waals surface area (Å²) in [5.41, 5.74) is 9.62. The molecule has 0 saturated heterocycles. The van der Waals surface area contributed by atoms with E-state index in [2.05, 4.69) is 34.0 Å². The number of pyridine rings is 1. The van der Waals surface area contributed by atoms with Gasteiger partial charge in [0.25, 0.3) is 0 Å². The first-order valence-corrected chi connectivity index (χ1v) is 5.98. The molecule has 0 saturated carbocycles. The fraction of sp³-hybridized carbons (Fsp3) is 0.143. The topological polar surface area (TPSA) is 67.6 Å².